The van der Waals surface area contributed by atoms with E-state index in [2.05, 4.69) is 19.9 Å². The highest BCUT2D eigenvalue weighted by Gasteiger charge is 2.12. The number of carbonyl (C=O) groups is 1. The lowest BCUT2D eigenvalue weighted by Gasteiger charge is -2.03. The van der Waals surface area contributed by atoms with Crippen LogP contribution in [0.15, 0.2) is 35.9 Å². The first-order valence-corrected chi connectivity index (χ1v) is 6.92. The first-order valence-electron chi connectivity index (χ1n) is 5.69. The Hall–Kier alpha value is -2.48. The molecule has 0 aliphatic heterocycles. The van der Waals surface area contributed by atoms with Crippen LogP contribution in [0.3, 0.4) is 0 Å². The summed E-state index contributed by atoms with van der Waals surface area (Å²) in [5.41, 5.74) is 6.68. The van der Waals surface area contributed by atoms with Gasteiger partial charge in [-0.1, -0.05) is 0 Å². The van der Waals surface area contributed by atoms with Gasteiger partial charge in [-0.05, 0) is 12.3 Å². The molecule has 0 aliphatic carbocycles. The van der Waals surface area contributed by atoms with Crippen LogP contribution in [0.5, 0.6) is 0 Å². The van der Waals surface area contributed by atoms with Crippen LogP contribution in [0, 0.1) is 0 Å². The Morgan fingerprint density at radius 1 is 1.30 bits per heavy atom. The lowest BCUT2D eigenvalue weighted by atomic mass is 10.4. The molecule has 0 unspecified atom stereocenters. The van der Waals surface area contributed by atoms with Crippen molar-refractivity contribution >= 4 is 23.3 Å². The number of rotatable bonds is 3. The van der Waals surface area contributed by atoms with Crippen LogP contribution in [0.2, 0.25) is 0 Å². The first-order chi connectivity index (χ1) is 9.69. The highest BCUT2D eigenvalue weighted by atomic mass is 32.2. The standard InChI is InChI=1S/C12H10N6OS/c1-20-10-2-3-14-12(17-10)8-4-16-9-5-15-7(11(13)19)6-18(8)9/h2-6H,1H3,(H2,13,19). The molecule has 0 aliphatic rings. The number of hydrogen-bond acceptors (Lipinski definition) is 6. The number of nitrogens with zero attached hydrogens (tertiary/aromatic N) is 5. The predicted octanol–water partition coefficient (Wildman–Crippen LogP) is 1.01. The smallest absolute Gasteiger partial charge is 0.268 e. The van der Waals surface area contributed by atoms with Crippen LogP contribution < -0.4 is 5.73 Å². The van der Waals surface area contributed by atoms with Gasteiger partial charge < -0.3 is 5.73 Å². The van der Waals surface area contributed by atoms with Gasteiger partial charge in [0.25, 0.3) is 5.91 Å². The molecule has 20 heavy (non-hydrogen) atoms. The summed E-state index contributed by atoms with van der Waals surface area (Å²) in [7, 11) is 0. The Labute approximate surface area is 118 Å². The number of nitrogens with two attached hydrogens (primary N) is 1. The summed E-state index contributed by atoms with van der Waals surface area (Å²) in [6, 6.07) is 1.83. The third-order valence-electron chi connectivity index (χ3n) is 2.72. The van der Waals surface area contributed by atoms with E-state index in [-0.39, 0.29) is 5.69 Å². The van der Waals surface area contributed by atoms with E-state index in [1.54, 1.807) is 16.8 Å². The number of fused-ring (bicyclic) bond motifs is 1. The van der Waals surface area contributed by atoms with E-state index in [4.69, 9.17) is 5.73 Å². The second kappa shape index (κ2) is 4.89. The normalized spacial score (nSPS) is 10.8. The second-order valence-corrected chi connectivity index (χ2v) is 4.76. The van der Waals surface area contributed by atoms with Crippen molar-refractivity contribution in [2.75, 3.05) is 6.26 Å². The van der Waals surface area contributed by atoms with Crippen LogP contribution in [0.4, 0.5) is 0 Å². The summed E-state index contributed by atoms with van der Waals surface area (Å²) in [5, 5.41) is 0.856. The number of hydrogen-bond donors (Lipinski definition) is 1. The molecule has 0 bridgehead atoms. The molecule has 3 rings (SSSR count). The fourth-order valence-corrected chi connectivity index (χ4v) is 2.14. The molecule has 7 nitrogen and oxygen atoms in total. The summed E-state index contributed by atoms with van der Waals surface area (Å²) in [6.07, 6.45) is 8.29. The lowest BCUT2D eigenvalue weighted by Crippen LogP contribution is -2.14. The molecular weight excluding hydrogens is 276 g/mol. The van der Waals surface area contributed by atoms with Gasteiger partial charge in [-0.15, -0.1) is 11.8 Å². The molecule has 3 aromatic heterocycles. The average Bonchev–Trinajstić information content (AvgIpc) is 2.90. The molecule has 0 spiro atoms. The van der Waals surface area contributed by atoms with E-state index in [0.29, 0.717) is 17.2 Å². The molecule has 8 heteroatoms. The summed E-state index contributed by atoms with van der Waals surface area (Å²) in [6.45, 7) is 0. The zero-order chi connectivity index (χ0) is 14.1. The van der Waals surface area contributed by atoms with Crippen molar-refractivity contribution in [3.8, 4) is 11.5 Å². The van der Waals surface area contributed by atoms with Crippen LogP contribution >= 0.6 is 11.8 Å². The summed E-state index contributed by atoms with van der Waals surface area (Å²) in [5.74, 6) is -0.0590. The monoisotopic (exact) mass is 286 g/mol. The molecule has 3 aromatic rings. The molecule has 3 heterocycles. The lowest BCUT2D eigenvalue weighted by molar-refractivity contribution is 0.0995. The zero-order valence-electron chi connectivity index (χ0n) is 10.5. The number of amides is 1. The minimum atomic E-state index is -0.592. The topological polar surface area (TPSA) is 99.1 Å². The summed E-state index contributed by atoms with van der Waals surface area (Å²) in [4.78, 5) is 28.0. The molecule has 100 valence electrons. The Bertz CT molecular complexity index is 799. The Morgan fingerprint density at radius 2 is 2.15 bits per heavy atom. The van der Waals surface area contributed by atoms with E-state index in [0.717, 1.165) is 5.03 Å². The molecule has 0 atom stereocenters. The highest BCUT2D eigenvalue weighted by Crippen LogP contribution is 2.19. The fraction of sp³-hybridized carbons (Fsp3) is 0.0833. The minimum Gasteiger partial charge on any atom is -0.364 e. The van der Waals surface area contributed by atoms with Crippen LogP contribution in [-0.2, 0) is 0 Å². The van der Waals surface area contributed by atoms with Crippen molar-refractivity contribution in [1.29, 1.82) is 0 Å². The quantitative estimate of drug-likeness (QED) is 0.570. The molecule has 0 aromatic carbocycles. The third-order valence-corrected chi connectivity index (χ3v) is 3.36. The van der Waals surface area contributed by atoms with Gasteiger partial charge >= 0.3 is 0 Å². The number of primary amides is 1. The predicted molar refractivity (Wildman–Crippen MR) is 74.3 cm³/mol. The van der Waals surface area contributed by atoms with Gasteiger partial charge in [0.15, 0.2) is 11.5 Å². The number of aromatic nitrogens is 5. The third kappa shape index (κ3) is 2.10. The largest absolute Gasteiger partial charge is 0.364 e. The van der Waals surface area contributed by atoms with E-state index < -0.39 is 5.91 Å². The van der Waals surface area contributed by atoms with Crippen LogP contribution in [0.1, 0.15) is 10.5 Å². The first kappa shape index (κ1) is 12.5. The Balaban J connectivity index is 2.20. The summed E-state index contributed by atoms with van der Waals surface area (Å²) < 4.78 is 1.70. The van der Waals surface area contributed by atoms with E-state index >= 15 is 0 Å². The van der Waals surface area contributed by atoms with Crippen molar-refractivity contribution < 1.29 is 4.79 Å². The van der Waals surface area contributed by atoms with Gasteiger partial charge in [-0.3, -0.25) is 9.20 Å². The van der Waals surface area contributed by atoms with Crippen LogP contribution in [-0.4, -0.2) is 36.5 Å². The maximum Gasteiger partial charge on any atom is 0.268 e. The molecule has 0 saturated carbocycles. The highest BCUT2D eigenvalue weighted by molar-refractivity contribution is 7.98. The van der Waals surface area contributed by atoms with E-state index in [9.17, 15) is 4.79 Å². The average molecular weight is 286 g/mol. The van der Waals surface area contributed by atoms with Crippen molar-refractivity contribution in [2.45, 2.75) is 5.03 Å². The number of carbonyl (C=O) groups excluding carboxylic acids is 1. The number of imidazole rings is 1. The Kier molecular flexibility index (Phi) is 3.07. The molecular formula is C12H10N6OS. The van der Waals surface area contributed by atoms with Crippen molar-refractivity contribution in [2.24, 2.45) is 5.73 Å². The van der Waals surface area contributed by atoms with Gasteiger partial charge in [-0.25, -0.2) is 19.9 Å². The van der Waals surface area contributed by atoms with E-state index in [1.165, 1.54) is 24.2 Å². The van der Waals surface area contributed by atoms with Gasteiger partial charge in [0.1, 0.15) is 11.4 Å². The Morgan fingerprint density at radius 3 is 2.90 bits per heavy atom. The van der Waals surface area contributed by atoms with E-state index in [1.807, 2.05) is 12.3 Å². The van der Waals surface area contributed by atoms with Crippen molar-refractivity contribution in [1.82, 2.24) is 24.3 Å². The maximum absolute atomic E-state index is 11.2. The van der Waals surface area contributed by atoms with Gasteiger partial charge in [-0.2, -0.15) is 0 Å². The molecule has 0 saturated heterocycles. The fourth-order valence-electron chi connectivity index (χ4n) is 1.76. The van der Waals surface area contributed by atoms with Gasteiger partial charge in [0, 0.05) is 12.4 Å². The van der Waals surface area contributed by atoms with Gasteiger partial charge in [0.2, 0.25) is 0 Å². The zero-order valence-corrected chi connectivity index (χ0v) is 11.3. The minimum absolute atomic E-state index is 0.165. The van der Waals surface area contributed by atoms with Crippen LogP contribution in [0.25, 0.3) is 17.2 Å². The molecule has 0 radical (unpaired) electrons. The number of thioether (sulfide) groups is 1. The molecule has 2 N–H and O–H groups in total. The summed E-state index contributed by atoms with van der Waals surface area (Å²) >= 11 is 1.53. The van der Waals surface area contributed by atoms with Crippen molar-refractivity contribution in [3.05, 3.63) is 36.5 Å². The molecule has 0 fully saturated rings. The SMILES string of the molecule is CSc1ccnc(-c2cnc3cnc(C(N)=O)cn23)n1. The second-order valence-electron chi connectivity index (χ2n) is 3.93. The maximum atomic E-state index is 11.2. The van der Waals surface area contributed by atoms with Crippen molar-refractivity contribution in [3.63, 3.8) is 0 Å². The molecule has 1 amide bonds. The van der Waals surface area contributed by atoms with Gasteiger partial charge in [0.05, 0.1) is 17.4 Å².